The van der Waals surface area contributed by atoms with Crippen LogP contribution in [0, 0.1) is 0 Å². The van der Waals surface area contributed by atoms with Crippen LogP contribution < -0.4 is 21.1 Å². The molecule has 0 heterocycles. The van der Waals surface area contributed by atoms with Crippen molar-refractivity contribution >= 4 is 23.3 Å². The van der Waals surface area contributed by atoms with Gasteiger partial charge in [-0.25, -0.2) is 0 Å². The molecule has 0 saturated carbocycles. The van der Waals surface area contributed by atoms with Gasteiger partial charge in [0, 0.05) is 24.5 Å². The molecule has 0 bridgehead atoms. The maximum absolute atomic E-state index is 13.0. The number of hydrogen-bond acceptors (Lipinski definition) is 5. The molecule has 1 amide bonds. The second-order valence-electron chi connectivity index (χ2n) is 8.26. The Kier molecular flexibility index (Phi) is 10.3. The number of ether oxygens (including phenoxy) is 1. The van der Waals surface area contributed by atoms with Crippen molar-refractivity contribution in [1.29, 1.82) is 0 Å². The van der Waals surface area contributed by atoms with Crippen LogP contribution >= 0.6 is 11.6 Å². The summed E-state index contributed by atoms with van der Waals surface area (Å²) in [4.78, 5) is 25.7. The molecule has 1 atom stereocenters. The Morgan fingerprint density at radius 1 is 0.971 bits per heavy atom. The second-order valence-corrected chi connectivity index (χ2v) is 8.67. The summed E-state index contributed by atoms with van der Waals surface area (Å²) in [6.07, 6.45) is 0.751. The summed E-state index contributed by atoms with van der Waals surface area (Å²) in [5, 5.41) is 6.70. The van der Waals surface area contributed by atoms with Gasteiger partial charge in [0.25, 0.3) is 0 Å². The average molecular weight is 494 g/mol. The third kappa shape index (κ3) is 8.51. The first-order valence-corrected chi connectivity index (χ1v) is 12.1. The number of carbonyl (C=O) groups excluding carboxylic acids is 2. The fraction of sp³-hybridized carbons (Fsp3) is 0.286. The first-order valence-electron chi connectivity index (χ1n) is 11.7. The van der Waals surface area contributed by atoms with Gasteiger partial charge < -0.3 is 15.8 Å². The van der Waals surface area contributed by atoms with Gasteiger partial charge >= 0.3 is 0 Å². The Labute approximate surface area is 211 Å². The highest BCUT2D eigenvalue weighted by Gasteiger charge is 2.20. The Hall–Kier alpha value is -3.19. The van der Waals surface area contributed by atoms with Gasteiger partial charge in [-0.15, -0.1) is 0 Å². The van der Waals surface area contributed by atoms with Crippen molar-refractivity contribution in [2.75, 3.05) is 13.2 Å². The van der Waals surface area contributed by atoms with Gasteiger partial charge in [-0.2, -0.15) is 0 Å². The molecule has 0 spiro atoms. The molecule has 184 valence electrons. The number of amides is 1. The predicted octanol–water partition coefficient (Wildman–Crippen LogP) is 3.83. The summed E-state index contributed by atoms with van der Waals surface area (Å²) in [6.45, 7) is 3.31. The first kappa shape index (κ1) is 26.4. The lowest BCUT2D eigenvalue weighted by molar-refractivity contribution is -0.123. The van der Waals surface area contributed by atoms with Gasteiger partial charge in [0.05, 0.1) is 19.2 Å². The molecule has 35 heavy (non-hydrogen) atoms. The van der Waals surface area contributed by atoms with E-state index in [1.165, 1.54) is 0 Å². The van der Waals surface area contributed by atoms with Crippen LogP contribution in [0.2, 0.25) is 5.02 Å². The number of rotatable bonds is 13. The second kappa shape index (κ2) is 13.6. The summed E-state index contributed by atoms with van der Waals surface area (Å²) in [5.74, 6) is 0.603. The number of carbonyl (C=O) groups is 2. The molecule has 3 rings (SSSR count). The highest BCUT2D eigenvalue weighted by Crippen LogP contribution is 2.17. The normalized spacial score (nSPS) is 11.6. The van der Waals surface area contributed by atoms with Crippen LogP contribution in [0.5, 0.6) is 5.75 Å². The molecule has 0 aromatic heterocycles. The van der Waals surface area contributed by atoms with Crippen molar-refractivity contribution in [2.45, 2.75) is 38.9 Å². The minimum Gasteiger partial charge on any atom is -0.494 e. The largest absolute Gasteiger partial charge is 0.494 e. The van der Waals surface area contributed by atoms with Crippen molar-refractivity contribution < 1.29 is 14.3 Å². The molecule has 0 fully saturated rings. The van der Waals surface area contributed by atoms with Crippen LogP contribution in [0.4, 0.5) is 0 Å². The molecule has 3 aromatic carbocycles. The molecule has 7 heteroatoms. The third-order valence-electron chi connectivity index (χ3n) is 5.58. The van der Waals surface area contributed by atoms with Gasteiger partial charge in [-0.05, 0) is 53.8 Å². The van der Waals surface area contributed by atoms with E-state index >= 15 is 0 Å². The summed E-state index contributed by atoms with van der Waals surface area (Å²) < 4.78 is 5.45. The van der Waals surface area contributed by atoms with E-state index in [4.69, 9.17) is 22.1 Å². The molecule has 0 radical (unpaired) electrons. The van der Waals surface area contributed by atoms with E-state index in [-0.39, 0.29) is 24.7 Å². The monoisotopic (exact) mass is 493 g/mol. The molecule has 6 nitrogen and oxygen atoms in total. The van der Waals surface area contributed by atoms with E-state index in [0.717, 1.165) is 28.0 Å². The third-order valence-corrected chi connectivity index (χ3v) is 5.94. The summed E-state index contributed by atoms with van der Waals surface area (Å²) >= 11 is 6.24. The fourth-order valence-corrected chi connectivity index (χ4v) is 3.96. The Morgan fingerprint density at radius 3 is 2.34 bits per heavy atom. The van der Waals surface area contributed by atoms with Crippen LogP contribution in [-0.4, -0.2) is 30.9 Å². The zero-order chi connectivity index (χ0) is 25.0. The number of ketones is 1. The SMILES string of the molecule is CCOc1ccc(CC(=O)CN[C@@H](Cc2ccccc2)C(=O)NCc2ccc(CN)c(Cl)c2)cc1. The fourth-order valence-electron chi connectivity index (χ4n) is 3.68. The molecular weight excluding hydrogens is 462 g/mol. The lowest BCUT2D eigenvalue weighted by Crippen LogP contribution is -2.47. The zero-order valence-corrected chi connectivity index (χ0v) is 20.7. The number of Topliss-reactive ketones (excluding diaryl/α,β-unsaturated/α-hetero) is 1. The molecular formula is C28H32ClN3O3. The minimum atomic E-state index is -0.555. The van der Waals surface area contributed by atoms with Gasteiger partial charge in [0.2, 0.25) is 5.91 Å². The predicted molar refractivity (Wildman–Crippen MR) is 139 cm³/mol. The van der Waals surface area contributed by atoms with Gasteiger partial charge in [0.1, 0.15) is 5.75 Å². The Morgan fingerprint density at radius 2 is 1.69 bits per heavy atom. The zero-order valence-electron chi connectivity index (χ0n) is 19.9. The summed E-state index contributed by atoms with van der Waals surface area (Å²) in [6, 6.07) is 22.2. The quantitative estimate of drug-likeness (QED) is 0.336. The highest BCUT2D eigenvalue weighted by molar-refractivity contribution is 6.31. The topological polar surface area (TPSA) is 93.4 Å². The van der Waals surface area contributed by atoms with Crippen LogP contribution in [-0.2, 0) is 35.5 Å². The van der Waals surface area contributed by atoms with Crippen molar-refractivity contribution in [3.63, 3.8) is 0 Å². The van der Waals surface area contributed by atoms with E-state index in [1.54, 1.807) is 0 Å². The smallest absolute Gasteiger partial charge is 0.237 e. The summed E-state index contributed by atoms with van der Waals surface area (Å²) in [5.41, 5.74) is 9.32. The minimum absolute atomic E-state index is 0.00387. The first-order chi connectivity index (χ1) is 17.0. The Balaban J connectivity index is 1.59. The van der Waals surface area contributed by atoms with Crippen molar-refractivity contribution in [3.05, 3.63) is 100 Å². The molecule has 0 saturated heterocycles. The number of nitrogens with one attached hydrogen (secondary N) is 2. The molecule has 3 aromatic rings. The number of nitrogens with two attached hydrogens (primary N) is 1. The van der Waals surface area contributed by atoms with E-state index in [1.807, 2.05) is 79.7 Å². The van der Waals surface area contributed by atoms with Crippen LogP contribution in [0.25, 0.3) is 0 Å². The summed E-state index contributed by atoms with van der Waals surface area (Å²) in [7, 11) is 0. The standard InChI is InChI=1S/C28H32ClN3O3/c1-2-35-25-12-9-21(10-13-25)14-24(33)19-31-27(16-20-6-4-3-5-7-20)28(34)32-18-22-8-11-23(17-30)26(29)15-22/h3-13,15,27,31H,2,14,16-19,30H2,1H3,(H,32,34)/t27-/m0/s1. The molecule has 0 aliphatic carbocycles. The molecule has 0 aliphatic heterocycles. The lowest BCUT2D eigenvalue weighted by Gasteiger charge is -2.19. The van der Waals surface area contributed by atoms with E-state index in [2.05, 4.69) is 10.6 Å². The van der Waals surface area contributed by atoms with Gasteiger partial charge in [-0.1, -0.05) is 66.2 Å². The maximum Gasteiger partial charge on any atom is 0.237 e. The molecule has 0 aliphatic rings. The van der Waals surface area contributed by atoms with Crippen molar-refractivity contribution in [3.8, 4) is 5.75 Å². The van der Waals surface area contributed by atoms with Crippen molar-refractivity contribution in [2.24, 2.45) is 5.73 Å². The van der Waals surface area contributed by atoms with Crippen LogP contribution in [0.1, 0.15) is 29.2 Å². The van der Waals surface area contributed by atoms with Gasteiger partial charge in [0.15, 0.2) is 5.78 Å². The molecule has 4 N–H and O–H groups in total. The van der Waals surface area contributed by atoms with Gasteiger partial charge in [-0.3, -0.25) is 14.9 Å². The van der Waals surface area contributed by atoms with E-state index in [0.29, 0.717) is 31.1 Å². The van der Waals surface area contributed by atoms with Crippen LogP contribution in [0.15, 0.2) is 72.8 Å². The lowest BCUT2D eigenvalue weighted by atomic mass is 10.0. The maximum atomic E-state index is 13.0. The van der Waals surface area contributed by atoms with Crippen LogP contribution in [0.3, 0.4) is 0 Å². The number of benzene rings is 3. The highest BCUT2D eigenvalue weighted by atomic mass is 35.5. The van der Waals surface area contributed by atoms with E-state index < -0.39 is 6.04 Å². The Bertz CT molecular complexity index is 1100. The van der Waals surface area contributed by atoms with Crippen molar-refractivity contribution in [1.82, 2.24) is 10.6 Å². The molecule has 0 unspecified atom stereocenters. The van der Waals surface area contributed by atoms with E-state index in [9.17, 15) is 9.59 Å². The number of halogens is 1. The average Bonchev–Trinajstić information content (AvgIpc) is 2.87. The number of hydrogen-bond donors (Lipinski definition) is 3.